The maximum atomic E-state index is 14.4. The first kappa shape index (κ1) is 36.6. The molecule has 1 saturated heterocycles. The van der Waals surface area contributed by atoms with Crippen molar-refractivity contribution in [3.8, 4) is 0 Å². The van der Waals surface area contributed by atoms with Gasteiger partial charge in [0.2, 0.25) is 17.6 Å². The third kappa shape index (κ3) is 13.0. The molecule has 11 heteroatoms. The lowest BCUT2D eigenvalue weighted by molar-refractivity contribution is -0.122. The average molecular weight is 622 g/mol. The van der Waals surface area contributed by atoms with Crippen LogP contribution in [-0.2, 0) is 16.0 Å². The topological polar surface area (TPSA) is 127 Å². The molecule has 1 aliphatic rings. The van der Waals surface area contributed by atoms with Gasteiger partial charge in [0.1, 0.15) is 6.33 Å². The number of benzene rings is 1. The molecule has 8 nitrogen and oxygen atoms in total. The molecule has 0 spiro atoms. The molecule has 2 aromatic rings. The first-order chi connectivity index (χ1) is 19.9. The number of alkyl halides is 1. The van der Waals surface area contributed by atoms with E-state index in [0.29, 0.717) is 38.4 Å². The van der Waals surface area contributed by atoms with Gasteiger partial charge in [-0.3, -0.25) is 9.59 Å². The Balaban J connectivity index is 0.000000353. The van der Waals surface area contributed by atoms with Gasteiger partial charge in [-0.25, -0.2) is 9.97 Å². The number of aromatic nitrogens is 2. The van der Waals surface area contributed by atoms with Crippen LogP contribution in [0.3, 0.4) is 0 Å². The van der Waals surface area contributed by atoms with Gasteiger partial charge in [0.25, 0.3) is 0 Å². The third-order valence-corrected chi connectivity index (χ3v) is 7.18. The Kier molecular flexibility index (Phi) is 17.1. The fourth-order valence-electron chi connectivity index (χ4n) is 3.71. The monoisotopic (exact) mass is 620 g/mol. The summed E-state index contributed by atoms with van der Waals surface area (Å²) in [4.78, 5) is 31.6. The van der Waals surface area contributed by atoms with E-state index in [1.807, 2.05) is 45.0 Å². The zero-order valence-corrected chi connectivity index (χ0v) is 26.3. The van der Waals surface area contributed by atoms with Gasteiger partial charge in [0, 0.05) is 37.0 Å². The van der Waals surface area contributed by atoms with E-state index in [1.165, 1.54) is 6.33 Å². The number of carbonyl (C=O) groups excluding carboxylic acids is 2. The minimum atomic E-state index is -0.467. The summed E-state index contributed by atoms with van der Waals surface area (Å²) in [6.45, 7) is 15.0. The molecule has 1 aromatic heterocycles. The Labute approximate surface area is 259 Å². The minimum Gasteiger partial charge on any atom is -0.370 e. The number of nitrogens with two attached hydrogens (primary N) is 2. The lowest BCUT2D eigenvalue weighted by atomic mass is 9.97. The van der Waals surface area contributed by atoms with E-state index in [2.05, 4.69) is 28.4 Å². The van der Waals surface area contributed by atoms with Crippen LogP contribution in [0, 0.1) is 11.7 Å². The number of amides is 2. The predicted octanol–water partition coefficient (Wildman–Crippen LogP) is 6.20. The van der Waals surface area contributed by atoms with Crippen LogP contribution in [0.1, 0.15) is 57.6 Å². The molecular formula is C31H43Cl2FN6O2. The van der Waals surface area contributed by atoms with E-state index in [-0.39, 0.29) is 29.4 Å². The molecule has 2 amide bonds. The van der Waals surface area contributed by atoms with Crippen LogP contribution < -0.4 is 21.7 Å². The largest absolute Gasteiger partial charge is 0.370 e. The second-order valence-electron chi connectivity index (χ2n) is 9.81. The molecule has 0 saturated carbocycles. The quantitative estimate of drug-likeness (QED) is 0.203. The van der Waals surface area contributed by atoms with E-state index in [1.54, 1.807) is 11.0 Å². The number of hydrogen-bond acceptors (Lipinski definition) is 6. The summed E-state index contributed by atoms with van der Waals surface area (Å²) in [7, 11) is 0. The van der Waals surface area contributed by atoms with Crippen LogP contribution in [0.2, 0.25) is 0 Å². The highest BCUT2D eigenvalue weighted by Gasteiger charge is 2.27. The Morgan fingerprint density at radius 2 is 1.88 bits per heavy atom. The highest BCUT2D eigenvalue weighted by molar-refractivity contribution is 6.30. The Morgan fingerprint density at radius 1 is 1.21 bits per heavy atom. The van der Waals surface area contributed by atoms with Crippen molar-refractivity contribution in [1.82, 2.24) is 9.97 Å². The fourth-order valence-corrected chi connectivity index (χ4v) is 4.05. The van der Waals surface area contributed by atoms with Crippen LogP contribution in [-0.4, -0.2) is 47.3 Å². The van der Waals surface area contributed by atoms with Crippen molar-refractivity contribution in [3.05, 3.63) is 77.4 Å². The summed E-state index contributed by atoms with van der Waals surface area (Å²) in [5.41, 5.74) is 14.5. The van der Waals surface area contributed by atoms with Crippen molar-refractivity contribution in [2.24, 2.45) is 17.4 Å². The number of aryl methyl sites for hydroxylation is 1. The zero-order valence-electron chi connectivity index (χ0n) is 24.8. The summed E-state index contributed by atoms with van der Waals surface area (Å²) in [5, 5.41) is 3.73. The number of primary amides is 2. The van der Waals surface area contributed by atoms with E-state index in [4.69, 9.17) is 34.7 Å². The van der Waals surface area contributed by atoms with E-state index in [9.17, 15) is 14.0 Å². The van der Waals surface area contributed by atoms with Gasteiger partial charge in [-0.1, -0.05) is 62.0 Å². The van der Waals surface area contributed by atoms with Crippen molar-refractivity contribution >= 4 is 52.2 Å². The summed E-state index contributed by atoms with van der Waals surface area (Å²) in [5.74, 6) is -0.336. The SMILES string of the molecule is C/C(Cl)=C(\C)CCl.C=CC(=C)c1ccc(CCC(N)=O)cc1.CCCNc1ncnc(N2CCCC(C(N)=O)C2)c1F. The molecule has 230 valence electrons. The molecule has 1 aliphatic heterocycles. The Bertz CT molecular complexity index is 1220. The van der Waals surface area contributed by atoms with Crippen molar-refractivity contribution in [2.45, 2.75) is 52.9 Å². The maximum Gasteiger partial charge on any atom is 0.222 e. The van der Waals surface area contributed by atoms with Crippen LogP contribution in [0.5, 0.6) is 0 Å². The molecule has 3 rings (SSSR count). The van der Waals surface area contributed by atoms with Crippen molar-refractivity contribution in [1.29, 1.82) is 0 Å². The molecule has 5 N–H and O–H groups in total. The summed E-state index contributed by atoms with van der Waals surface area (Å²) in [6.07, 6.45) is 6.57. The van der Waals surface area contributed by atoms with E-state index < -0.39 is 5.82 Å². The molecular weight excluding hydrogens is 578 g/mol. The van der Waals surface area contributed by atoms with Gasteiger partial charge in [-0.05, 0) is 61.8 Å². The number of carbonyl (C=O) groups is 2. The lowest BCUT2D eigenvalue weighted by Gasteiger charge is -2.32. The summed E-state index contributed by atoms with van der Waals surface area (Å²) >= 11 is 10.9. The normalized spacial score (nSPS) is 14.7. The number of anilines is 2. The standard InChI is InChI=1S/C13H20FN5O.C13H15NO.C5H8Cl2/c1-2-5-16-12-10(14)13(18-8-17-12)19-6-3-4-9(7-19)11(15)20;1-3-10(2)12-7-4-11(5-8-12)6-9-13(14)15;1-4(3-6)5(2)7/h8-9H,2-7H2,1H3,(H2,15,20)(H,16,17,18);3-5,7-8H,1-2,6,9H2,(H2,14,15);3H2,1-2H3/b;;5-4-. The van der Waals surface area contributed by atoms with Crippen LogP contribution >= 0.6 is 23.2 Å². The zero-order chi connectivity index (χ0) is 31.7. The summed E-state index contributed by atoms with van der Waals surface area (Å²) in [6, 6.07) is 7.90. The molecule has 0 aliphatic carbocycles. The van der Waals surface area contributed by atoms with Gasteiger partial charge >= 0.3 is 0 Å². The predicted molar refractivity (Wildman–Crippen MR) is 173 cm³/mol. The fraction of sp³-hybridized carbons (Fsp3) is 0.419. The highest BCUT2D eigenvalue weighted by atomic mass is 35.5. The molecule has 2 heterocycles. The Hall–Kier alpha value is -3.43. The van der Waals surface area contributed by atoms with Gasteiger partial charge in [-0.15, -0.1) is 11.6 Å². The molecule has 0 bridgehead atoms. The first-order valence-corrected chi connectivity index (χ1v) is 14.7. The number of hydrogen-bond donors (Lipinski definition) is 3. The smallest absolute Gasteiger partial charge is 0.222 e. The number of piperidine rings is 1. The van der Waals surface area contributed by atoms with Gasteiger partial charge in [-0.2, -0.15) is 4.39 Å². The summed E-state index contributed by atoms with van der Waals surface area (Å²) < 4.78 is 14.4. The minimum absolute atomic E-state index is 0.207. The molecule has 1 aromatic carbocycles. The molecule has 42 heavy (non-hydrogen) atoms. The number of allylic oxidation sites excluding steroid dienone is 4. The van der Waals surface area contributed by atoms with Crippen LogP contribution in [0.15, 0.2) is 60.4 Å². The Morgan fingerprint density at radius 3 is 2.38 bits per heavy atom. The maximum absolute atomic E-state index is 14.4. The van der Waals surface area contributed by atoms with E-state index in [0.717, 1.165) is 46.6 Å². The molecule has 0 radical (unpaired) electrons. The third-order valence-electron chi connectivity index (χ3n) is 6.46. The second-order valence-corrected chi connectivity index (χ2v) is 10.6. The van der Waals surface area contributed by atoms with Gasteiger partial charge in [0.05, 0.1) is 5.92 Å². The molecule has 1 fully saturated rings. The van der Waals surface area contributed by atoms with Crippen LogP contribution in [0.25, 0.3) is 5.57 Å². The molecule has 1 atom stereocenters. The molecule has 1 unspecified atom stereocenters. The van der Waals surface area contributed by atoms with Crippen LogP contribution in [0.4, 0.5) is 16.0 Å². The first-order valence-electron chi connectivity index (χ1n) is 13.8. The lowest BCUT2D eigenvalue weighted by Crippen LogP contribution is -2.42. The average Bonchev–Trinajstić information content (AvgIpc) is 2.99. The number of rotatable bonds is 11. The van der Waals surface area contributed by atoms with Crippen molar-refractivity contribution in [2.75, 3.05) is 35.7 Å². The van der Waals surface area contributed by atoms with Gasteiger partial charge < -0.3 is 21.7 Å². The van der Waals surface area contributed by atoms with Gasteiger partial charge in [0.15, 0.2) is 11.6 Å². The van der Waals surface area contributed by atoms with Crippen molar-refractivity contribution in [3.63, 3.8) is 0 Å². The second kappa shape index (κ2) is 19.6. The highest BCUT2D eigenvalue weighted by Crippen LogP contribution is 2.26. The van der Waals surface area contributed by atoms with E-state index >= 15 is 0 Å². The number of nitrogens with one attached hydrogen (secondary N) is 1. The number of halogens is 3. The van der Waals surface area contributed by atoms with Crippen molar-refractivity contribution < 1.29 is 14.0 Å². The number of nitrogens with zero attached hydrogens (tertiary/aromatic N) is 3.